The van der Waals surface area contributed by atoms with Gasteiger partial charge in [-0.15, -0.1) is 0 Å². The van der Waals surface area contributed by atoms with E-state index < -0.39 is 11.9 Å². The molecule has 1 atom stereocenters. The van der Waals surface area contributed by atoms with Gasteiger partial charge in [-0.05, 0) is 17.5 Å². The molecule has 0 aliphatic rings. The van der Waals surface area contributed by atoms with Crippen molar-refractivity contribution < 1.29 is 9.59 Å². The molecule has 0 saturated heterocycles. The quantitative estimate of drug-likeness (QED) is 0.785. The summed E-state index contributed by atoms with van der Waals surface area (Å²) in [4.78, 5) is 23.3. The molecule has 0 fully saturated rings. The summed E-state index contributed by atoms with van der Waals surface area (Å²) < 4.78 is 0. The summed E-state index contributed by atoms with van der Waals surface area (Å²) in [6, 6.07) is 19.1. The van der Waals surface area contributed by atoms with Crippen molar-refractivity contribution in [1.29, 1.82) is 0 Å². The standard InChI is InChI=1S/C19H22N2O2/c20-17(11-12-19(21)23)18(22)13-16(14-7-3-1-4-8-14)15-9-5-2-6-10-15/h1-10,16-17H,11-13,20H2,(H2,21,23)/t17-/m1/s1. The molecule has 0 spiro atoms. The van der Waals surface area contributed by atoms with E-state index in [-0.39, 0.29) is 18.1 Å². The molecule has 4 heteroatoms. The van der Waals surface area contributed by atoms with E-state index in [9.17, 15) is 9.59 Å². The summed E-state index contributed by atoms with van der Waals surface area (Å²) in [6.45, 7) is 0. The molecule has 0 saturated carbocycles. The second-order valence-corrected chi connectivity index (χ2v) is 5.66. The molecule has 0 aliphatic heterocycles. The highest BCUT2D eigenvalue weighted by atomic mass is 16.1. The first-order valence-electron chi connectivity index (χ1n) is 7.74. The highest BCUT2D eigenvalue weighted by molar-refractivity contribution is 5.85. The van der Waals surface area contributed by atoms with Crippen LogP contribution in [0.3, 0.4) is 0 Å². The smallest absolute Gasteiger partial charge is 0.217 e. The van der Waals surface area contributed by atoms with E-state index in [1.807, 2.05) is 60.7 Å². The molecule has 0 heterocycles. The van der Waals surface area contributed by atoms with Crippen LogP contribution in [-0.4, -0.2) is 17.7 Å². The maximum atomic E-state index is 12.4. The van der Waals surface area contributed by atoms with Gasteiger partial charge in [0.25, 0.3) is 0 Å². The minimum absolute atomic E-state index is 0.0375. The van der Waals surface area contributed by atoms with Crippen molar-refractivity contribution in [1.82, 2.24) is 0 Å². The van der Waals surface area contributed by atoms with E-state index >= 15 is 0 Å². The van der Waals surface area contributed by atoms with Gasteiger partial charge in [-0.25, -0.2) is 0 Å². The Morgan fingerprint density at radius 2 is 1.35 bits per heavy atom. The van der Waals surface area contributed by atoms with E-state index in [0.717, 1.165) is 11.1 Å². The van der Waals surface area contributed by atoms with Crippen LogP contribution in [0.25, 0.3) is 0 Å². The predicted molar refractivity (Wildman–Crippen MR) is 90.8 cm³/mol. The van der Waals surface area contributed by atoms with E-state index in [4.69, 9.17) is 11.5 Å². The zero-order chi connectivity index (χ0) is 16.7. The highest BCUT2D eigenvalue weighted by Crippen LogP contribution is 2.28. The van der Waals surface area contributed by atoms with Gasteiger partial charge < -0.3 is 11.5 Å². The largest absolute Gasteiger partial charge is 0.370 e. The van der Waals surface area contributed by atoms with Gasteiger partial charge in [0.05, 0.1) is 6.04 Å². The number of carbonyl (C=O) groups excluding carboxylic acids is 2. The Labute approximate surface area is 136 Å². The summed E-state index contributed by atoms with van der Waals surface area (Å²) in [6.07, 6.45) is 0.743. The van der Waals surface area contributed by atoms with Crippen LogP contribution in [0.15, 0.2) is 60.7 Å². The van der Waals surface area contributed by atoms with Gasteiger partial charge in [-0.2, -0.15) is 0 Å². The summed E-state index contributed by atoms with van der Waals surface area (Å²) in [5.74, 6) is -0.524. The number of amides is 1. The third-order valence-corrected chi connectivity index (χ3v) is 3.92. The lowest BCUT2D eigenvalue weighted by Crippen LogP contribution is -2.33. The predicted octanol–water partition coefficient (Wildman–Crippen LogP) is 2.37. The second kappa shape index (κ2) is 8.25. The van der Waals surface area contributed by atoms with Gasteiger partial charge in [0, 0.05) is 18.8 Å². The third-order valence-electron chi connectivity index (χ3n) is 3.92. The fourth-order valence-corrected chi connectivity index (χ4v) is 2.61. The van der Waals surface area contributed by atoms with Gasteiger partial charge in [0.15, 0.2) is 0 Å². The molecule has 0 aromatic heterocycles. The second-order valence-electron chi connectivity index (χ2n) is 5.66. The minimum Gasteiger partial charge on any atom is -0.370 e. The van der Waals surface area contributed by atoms with Crippen LogP contribution < -0.4 is 11.5 Å². The van der Waals surface area contributed by atoms with Crippen LogP contribution in [0.2, 0.25) is 0 Å². The average molecular weight is 310 g/mol. The maximum absolute atomic E-state index is 12.4. The fourth-order valence-electron chi connectivity index (χ4n) is 2.61. The van der Waals surface area contributed by atoms with Crippen LogP contribution in [-0.2, 0) is 9.59 Å². The molecular formula is C19H22N2O2. The van der Waals surface area contributed by atoms with Crippen LogP contribution in [0, 0.1) is 0 Å². The molecule has 23 heavy (non-hydrogen) atoms. The van der Waals surface area contributed by atoms with Gasteiger partial charge in [0.2, 0.25) is 5.91 Å². The molecule has 1 amide bonds. The van der Waals surface area contributed by atoms with Crippen molar-refractivity contribution in [2.45, 2.75) is 31.2 Å². The molecular weight excluding hydrogens is 288 g/mol. The van der Waals surface area contributed by atoms with E-state index in [2.05, 4.69) is 0 Å². The van der Waals surface area contributed by atoms with Crippen molar-refractivity contribution in [2.24, 2.45) is 11.5 Å². The lowest BCUT2D eigenvalue weighted by atomic mass is 9.85. The monoisotopic (exact) mass is 310 g/mol. The summed E-state index contributed by atoms with van der Waals surface area (Å²) in [5, 5.41) is 0. The van der Waals surface area contributed by atoms with Crippen molar-refractivity contribution in [3.8, 4) is 0 Å². The topological polar surface area (TPSA) is 86.2 Å². The molecule has 2 aromatic carbocycles. The summed E-state index contributed by atoms with van der Waals surface area (Å²) in [5.41, 5.74) is 13.2. The normalized spacial score (nSPS) is 12.1. The van der Waals surface area contributed by atoms with E-state index in [0.29, 0.717) is 12.8 Å². The van der Waals surface area contributed by atoms with E-state index in [1.54, 1.807) is 0 Å². The number of rotatable bonds is 8. The van der Waals surface area contributed by atoms with Crippen molar-refractivity contribution in [3.63, 3.8) is 0 Å². The number of hydrogen-bond acceptors (Lipinski definition) is 3. The van der Waals surface area contributed by atoms with Gasteiger partial charge in [-0.3, -0.25) is 9.59 Å². The SMILES string of the molecule is NC(=O)CC[C@@H](N)C(=O)CC(c1ccccc1)c1ccccc1. The molecule has 2 aromatic rings. The Morgan fingerprint density at radius 1 is 0.870 bits per heavy atom. The van der Waals surface area contributed by atoms with Gasteiger partial charge in [-0.1, -0.05) is 60.7 Å². The molecule has 0 bridgehead atoms. The molecule has 2 rings (SSSR count). The maximum Gasteiger partial charge on any atom is 0.217 e. The number of primary amides is 1. The molecule has 0 radical (unpaired) electrons. The number of nitrogens with two attached hydrogens (primary N) is 2. The molecule has 120 valence electrons. The van der Waals surface area contributed by atoms with Crippen molar-refractivity contribution in [3.05, 3.63) is 71.8 Å². The van der Waals surface area contributed by atoms with Gasteiger partial charge >= 0.3 is 0 Å². The van der Waals surface area contributed by atoms with Crippen molar-refractivity contribution in [2.75, 3.05) is 0 Å². The fraction of sp³-hybridized carbons (Fsp3) is 0.263. The number of ketones is 1. The number of benzene rings is 2. The van der Waals surface area contributed by atoms with Crippen LogP contribution in [0.5, 0.6) is 0 Å². The average Bonchev–Trinajstić information content (AvgIpc) is 2.58. The number of hydrogen-bond donors (Lipinski definition) is 2. The van der Waals surface area contributed by atoms with Crippen LogP contribution >= 0.6 is 0 Å². The Morgan fingerprint density at radius 3 is 1.78 bits per heavy atom. The first kappa shape index (κ1) is 16.9. The lowest BCUT2D eigenvalue weighted by molar-refractivity contribution is -0.121. The molecule has 4 N–H and O–H groups in total. The number of Topliss-reactive ketones (excluding diaryl/α,β-unsaturated/α-hetero) is 1. The molecule has 4 nitrogen and oxygen atoms in total. The Balaban J connectivity index is 2.15. The zero-order valence-electron chi connectivity index (χ0n) is 13.0. The van der Waals surface area contributed by atoms with Crippen LogP contribution in [0.4, 0.5) is 0 Å². The molecule has 0 aliphatic carbocycles. The zero-order valence-corrected chi connectivity index (χ0v) is 13.0. The van der Waals surface area contributed by atoms with Gasteiger partial charge in [0.1, 0.15) is 5.78 Å². The third kappa shape index (κ3) is 5.04. The summed E-state index contributed by atoms with van der Waals surface area (Å²) >= 11 is 0. The molecule has 0 unspecified atom stereocenters. The Kier molecular flexibility index (Phi) is 6.06. The minimum atomic E-state index is -0.655. The first-order chi connectivity index (χ1) is 11.1. The summed E-state index contributed by atoms with van der Waals surface area (Å²) in [7, 11) is 0. The van der Waals surface area contributed by atoms with E-state index in [1.165, 1.54) is 0 Å². The Bertz CT molecular complexity index is 601. The lowest BCUT2D eigenvalue weighted by Gasteiger charge is -2.19. The van der Waals surface area contributed by atoms with Crippen LogP contribution in [0.1, 0.15) is 36.3 Å². The highest BCUT2D eigenvalue weighted by Gasteiger charge is 2.22. The number of carbonyl (C=O) groups is 2. The first-order valence-corrected chi connectivity index (χ1v) is 7.74. The van der Waals surface area contributed by atoms with Crippen molar-refractivity contribution >= 4 is 11.7 Å². The Hall–Kier alpha value is -2.46.